The molecule has 0 aliphatic carbocycles. The Labute approximate surface area is 88.8 Å². The summed E-state index contributed by atoms with van der Waals surface area (Å²) >= 11 is 0. The van der Waals surface area contributed by atoms with E-state index in [0.29, 0.717) is 12.2 Å². The molecule has 0 fully saturated rings. The minimum Gasteiger partial charge on any atom is -0.355 e. The lowest BCUT2D eigenvalue weighted by atomic mass is 10.2. The largest absolute Gasteiger partial charge is 0.355 e. The predicted octanol–water partition coefficient (Wildman–Crippen LogP) is -0.00510. The van der Waals surface area contributed by atoms with Crippen LogP contribution in [-0.4, -0.2) is 27.4 Å². The van der Waals surface area contributed by atoms with Crippen molar-refractivity contribution in [3.63, 3.8) is 0 Å². The van der Waals surface area contributed by atoms with Gasteiger partial charge in [-0.2, -0.15) is 0 Å². The molecule has 1 heterocycles. The molecule has 0 saturated carbocycles. The number of nitrogens with two attached hydrogens (primary N) is 1. The van der Waals surface area contributed by atoms with Gasteiger partial charge in [-0.3, -0.25) is 4.79 Å². The summed E-state index contributed by atoms with van der Waals surface area (Å²) in [5.74, 6) is -0.0707. The van der Waals surface area contributed by atoms with E-state index in [4.69, 9.17) is 5.73 Å². The van der Waals surface area contributed by atoms with Gasteiger partial charge in [-0.15, -0.1) is 5.10 Å². The lowest BCUT2D eigenvalue weighted by Gasteiger charge is -2.10. The fourth-order valence-electron chi connectivity index (χ4n) is 1.13. The van der Waals surface area contributed by atoms with Crippen LogP contribution in [0.3, 0.4) is 0 Å². The van der Waals surface area contributed by atoms with Gasteiger partial charge in [-0.25, -0.2) is 4.68 Å². The molecule has 6 heteroatoms. The van der Waals surface area contributed by atoms with Gasteiger partial charge < -0.3 is 11.1 Å². The van der Waals surface area contributed by atoms with Crippen LogP contribution in [-0.2, 0) is 4.79 Å². The first-order valence-corrected chi connectivity index (χ1v) is 5.01. The minimum absolute atomic E-state index is 0.0707. The van der Waals surface area contributed by atoms with Gasteiger partial charge >= 0.3 is 0 Å². The molecule has 0 radical (unpaired) electrons. The maximum atomic E-state index is 11.5. The number of rotatable bonds is 4. The first kappa shape index (κ1) is 11.6. The van der Waals surface area contributed by atoms with E-state index in [0.717, 1.165) is 0 Å². The Morgan fingerprint density at radius 1 is 1.67 bits per heavy atom. The van der Waals surface area contributed by atoms with E-state index >= 15 is 0 Å². The van der Waals surface area contributed by atoms with E-state index in [9.17, 15) is 4.79 Å². The Balaban J connectivity index is 2.73. The zero-order valence-corrected chi connectivity index (χ0v) is 9.27. The number of amides is 1. The van der Waals surface area contributed by atoms with Crippen molar-refractivity contribution >= 4 is 5.91 Å². The molecule has 0 aliphatic rings. The summed E-state index contributed by atoms with van der Waals surface area (Å²) in [6.07, 6.45) is 1.70. The lowest BCUT2D eigenvalue weighted by Crippen LogP contribution is -2.31. The van der Waals surface area contributed by atoms with E-state index in [1.54, 1.807) is 13.1 Å². The Morgan fingerprint density at radius 2 is 2.33 bits per heavy atom. The summed E-state index contributed by atoms with van der Waals surface area (Å²) in [6, 6.07) is -0.523. The molecule has 3 N–H and O–H groups in total. The van der Waals surface area contributed by atoms with Gasteiger partial charge in [0.05, 0.1) is 11.9 Å². The van der Waals surface area contributed by atoms with Gasteiger partial charge in [0.15, 0.2) is 0 Å². The molecule has 1 aromatic rings. The van der Waals surface area contributed by atoms with E-state index in [-0.39, 0.29) is 18.0 Å². The van der Waals surface area contributed by atoms with Crippen LogP contribution in [0.25, 0.3) is 0 Å². The molecule has 2 unspecified atom stereocenters. The predicted molar refractivity (Wildman–Crippen MR) is 56.0 cm³/mol. The maximum Gasteiger partial charge on any atom is 0.244 e. The average Bonchev–Trinajstić information content (AvgIpc) is 2.65. The normalized spacial score (nSPS) is 14.7. The van der Waals surface area contributed by atoms with Crippen LogP contribution >= 0.6 is 0 Å². The van der Waals surface area contributed by atoms with Gasteiger partial charge in [0.2, 0.25) is 5.91 Å². The molecule has 1 amide bonds. The van der Waals surface area contributed by atoms with Gasteiger partial charge in [0.25, 0.3) is 0 Å². The number of likely N-dealkylation sites (N-methyl/N-ethyl adjacent to an activating group) is 1. The second-order valence-corrected chi connectivity index (χ2v) is 3.48. The number of hydrogen-bond donors (Lipinski definition) is 2. The van der Waals surface area contributed by atoms with Crippen molar-refractivity contribution in [2.24, 2.45) is 5.73 Å². The smallest absolute Gasteiger partial charge is 0.244 e. The van der Waals surface area contributed by atoms with E-state index in [1.165, 1.54) is 4.68 Å². The fourth-order valence-corrected chi connectivity index (χ4v) is 1.13. The Hall–Kier alpha value is -1.43. The molecule has 0 aliphatic heterocycles. The summed E-state index contributed by atoms with van der Waals surface area (Å²) in [7, 11) is 0. The third kappa shape index (κ3) is 2.76. The number of carbonyl (C=O) groups excluding carboxylic acids is 1. The van der Waals surface area contributed by atoms with Gasteiger partial charge in [0, 0.05) is 12.6 Å². The quantitative estimate of drug-likeness (QED) is 0.733. The van der Waals surface area contributed by atoms with Crippen LogP contribution in [0.1, 0.15) is 38.5 Å². The fraction of sp³-hybridized carbons (Fsp3) is 0.667. The Morgan fingerprint density at radius 3 is 2.80 bits per heavy atom. The maximum absolute atomic E-state index is 11.5. The average molecular weight is 211 g/mol. The molecule has 1 rings (SSSR count). The number of nitrogens with zero attached hydrogens (tertiary/aromatic N) is 3. The van der Waals surface area contributed by atoms with Crippen molar-refractivity contribution in [2.75, 3.05) is 6.54 Å². The number of carbonyl (C=O) groups is 1. The SMILES string of the molecule is CCNC(=O)C(C)n1cc(C(C)N)nn1. The zero-order valence-electron chi connectivity index (χ0n) is 9.27. The molecular formula is C9H17N5O. The highest BCUT2D eigenvalue weighted by atomic mass is 16.2. The molecule has 0 aromatic carbocycles. The minimum atomic E-state index is -0.357. The molecular weight excluding hydrogens is 194 g/mol. The molecule has 2 atom stereocenters. The van der Waals surface area contributed by atoms with Crippen molar-refractivity contribution in [3.8, 4) is 0 Å². The number of aromatic nitrogens is 3. The molecule has 15 heavy (non-hydrogen) atoms. The van der Waals surface area contributed by atoms with Crippen LogP contribution < -0.4 is 11.1 Å². The Kier molecular flexibility index (Phi) is 3.79. The van der Waals surface area contributed by atoms with Crippen LogP contribution in [0.15, 0.2) is 6.20 Å². The second kappa shape index (κ2) is 4.88. The van der Waals surface area contributed by atoms with Crippen molar-refractivity contribution in [3.05, 3.63) is 11.9 Å². The van der Waals surface area contributed by atoms with Gasteiger partial charge in [0.1, 0.15) is 6.04 Å². The van der Waals surface area contributed by atoms with Crippen LogP contribution in [0.2, 0.25) is 0 Å². The summed E-state index contributed by atoms with van der Waals surface area (Å²) < 4.78 is 1.52. The van der Waals surface area contributed by atoms with Crippen LogP contribution in [0.5, 0.6) is 0 Å². The van der Waals surface area contributed by atoms with Crippen LogP contribution in [0.4, 0.5) is 0 Å². The van der Waals surface area contributed by atoms with E-state index < -0.39 is 0 Å². The monoisotopic (exact) mass is 211 g/mol. The molecule has 84 valence electrons. The molecule has 0 spiro atoms. The highest BCUT2D eigenvalue weighted by Gasteiger charge is 2.16. The summed E-state index contributed by atoms with van der Waals surface area (Å²) in [6.45, 7) is 6.08. The molecule has 0 bridgehead atoms. The van der Waals surface area contributed by atoms with E-state index in [2.05, 4.69) is 15.6 Å². The highest BCUT2D eigenvalue weighted by molar-refractivity contribution is 5.79. The molecule has 0 saturated heterocycles. The topological polar surface area (TPSA) is 85.8 Å². The van der Waals surface area contributed by atoms with Crippen LogP contribution in [0, 0.1) is 0 Å². The third-order valence-electron chi connectivity index (χ3n) is 2.12. The van der Waals surface area contributed by atoms with Crippen molar-refractivity contribution in [1.29, 1.82) is 0 Å². The van der Waals surface area contributed by atoms with Crippen molar-refractivity contribution < 1.29 is 4.79 Å². The third-order valence-corrected chi connectivity index (χ3v) is 2.12. The highest BCUT2D eigenvalue weighted by Crippen LogP contribution is 2.08. The first-order chi connectivity index (χ1) is 7.06. The van der Waals surface area contributed by atoms with E-state index in [1.807, 2.05) is 13.8 Å². The summed E-state index contributed by atoms with van der Waals surface area (Å²) in [5.41, 5.74) is 6.33. The van der Waals surface area contributed by atoms with Gasteiger partial charge in [-0.1, -0.05) is 5.21 Å². The zero-order chi connectivity index (χ0) is 11.4. The summed E-state index contributed by atoms with van der Waals surface area (Å²) in [5, 5.41) is 10.5. The van der Waals surface area contributed by atoms with Crippen molar-refractivity contribution in [1.82, 2.24) is 20.3 Å². The first-order valence-electron chi connectivity index (χ1n) is 5.01. The summed E-state index contributed by atoms with van der Waals surface area (Å²) in [4.78, 5) is 11.5. The van der Waals surface area contributed by atoms with Gasteiger partial charge in [-0.05, 0) is 20.8 Å². The van der Waals surface area contributed by atoms with Crippen molar-refractivity contribution in [2.45, 2.75) is 32.9 Å². The standard InChI is InChI=1S/C9H17N5O/c1-4-11-9(15)7(3)14-5-8(6(2)10)12-13-14/h5-7H,4,10H2,1-3H3,(H,11,15). The molecule has 6 nitrogen and oxygen atoms in total. The molecule has 1 aromatic heterocycles. The number of nitrogens with one attached hydrogen (secondary N) is 1. The lowest BCUT2D eigenvalue weighted by molar-refractivity contribution is -0.124. The Bertz CT molecular complexity index is 333. The number of hydrogen-bond acceptors (Lipinski definition) is 4. The second-order valence-electron chi connectivity index (χ2n) is 3.48.